The second kappa shape index (κ2) is 10.7. The number of pyridine rings is 1. The third kappa shape index (κ3) is 5.18. The molecule has 0 atom stereocenters. The maximum absolute atomic E-state index is 13.3. The van der Waals surface area contributed by atoms with E-state index in [1.165, 1.54) is 33.5 Å². The Bertz CT molecular complexity index is 1510. The summed E-state index contributed by atoms with van der Waals surface area (Å²) in [5.41, 5.74) is 5.57. The van der Waals surface area contributed by atoms with Crippen LogP contribution in [0, 0.1) is 10.1 Å². The van der Waals surface area contributed by atoms with E-state index in [9.17, 15) is 14.9 Å². The van der Waals surface area contributed by atoms with E-state index in [2.05, 4.69) is 10.5 Å². The number of para-hydroxylation sites is 1. The summed E-state index contributed by atoms with van der Waals surface area (Å²) in [5.74, 6) is 0.889. The lowest BCUT2D eigenvalue weighted by Gasteiger charge is -2.15. The van der Waals surface area contributed by atoms with Crippen molar-refractivity contribution in [2.75, 3.05) is 21.3 Å². The van der Waals surface area contributed by atoms with Gasteiger partial charge < -0.3 is 14.2 Å². The van der Waals surface area contributed by atoms with Gasteiger partial charge in [-0.2, -0.15) is 5.10 Å². The predicted molar refractivity (Wildman–Crippen MR) is 140 cm³/mol. The molecule has 0 aliphatic heterocycles. The molecule has 10 nitrogen and oxygen atoms in total. The standard InChI is InChI=1S/C27H24N4O6/c1-16(17-8-7-9-19(12-17)31(33)34)29-30-27(32)21-15-23(28-22-11-6-5-10-20(21)22)18-13-24(35-2)26(37-4)25(14-18)36-3/h5-15H,1-4H3,(H,30,32). The van der Waals surface area contributed by atoms with Crippen molar-refractivity contribution in [1.29, 1.82) is 0 Å². The van der Waals surface area contributed by atoms with Crippen molar-refractivity contribution in [1.82, 2.24) is 10.4 Å². The van der Waals surface area contributed by atoms with Crippen LogP contribution in [0.1, 0.15) is 22.8 Å². The van der Waals surface area contributed by atoms with Gasteiger partial charge in [0.2, 0.25) is 5.75 Å². The molecule has 0 bridgehead atoms. The van der Waals surface area contributed by atoms with Crippen LogP contribution < -0.4 is 19.6 Å². The fourth-order valence-corrected chi connectivity index (χ4v) is 3.84. The lowest BCUT2D eigenvalue weighted by atomic mass is 10.0. The van der Waals surface area contributed by atoms with E-state index in [4.69, 9.17) is 19.2 Å². The molecule has 0 aliphatic rings. The normalized spacial score (nSPS) is 11.2. The van der Waals surface area contributed by atoms with E-state index in [1.54, 1.807) is 43.3 Å². The minimum Gasteiger partial charge on any atom is -0.493 e. The third-order valence-electron chi connectivity index (χ3n) is 5.72. The maximum atomic E-state index is 13.3. The van der Waals surface area contributed by atoms with Crippen LogP contribution in [0.25, 0.3) is 22.2 Å². The number of hydrogen-bond acceptors (Lipinski definition) is 8. The summed E-state index contributed by atoms with van der Waals surface area (Å²) in [5, 5.41) is 15.9. The zero-order valence-electron chi connectivity index (χ0n) is 20.6. The van der Waals surface area contributed by atoms with Crippen LogP contribution in [-0.4, -0.2) is 42.9 Å². The molecule has 1 N–H and O–H groups in total. The van der Waals surface area contributed by atoms with Crippen LogP contribution in [0.15, 0.2) is 71.8 Å². The fourth-order valence-electron chi connectivity index (χ4n) is 3.84. The molecule has 0 aliphatic carbocycles. The van der Waals surface area contributed by atoms with E-state index in [0.717, 1.165) is 0 Å². The number of hydrazone groups is 1. The highest BCUT2D eigenvalue weighted by atomic mass is 16.6. The minimum atomic E-state index is -0.483. The van der Waals surface area contributed by atoms with E-state index in [-0.39, 0.29) is 5.69 Å². The zero-order valence-corrected chi connectivity index (χ0v) is 20.6. The number of non-ortho nitro benzene ring substituents is 1. The molecule has 0 radical (unpaired) electrons. The monoisotopic (exact) mass is 500 g/mol. The highest BCUT2D eigenvalue weighted by Crippen LogP contribution is 2.41. The summed E-state index contributed by atoms with van der Waals surface area (Å²) in [6.45, 7) is 1.66. The second-order valence-corrected chi connectivity index (χ2v) is 7.93. The van der Waals surface area contributed by atoms with Gasteiger partial charge in [-0.3, -0.25) is 14.9 Å². The number of nitro groups is 1. The summed E-state index contributed by atoms with van der Waals surface area (Å²) < 4.78 is 16.3. The smallest absolute Gasteiger partial charge is 0.272 e. The van der Waals surface area contributed by atoms with Crippen molar-refractivity contribution in [2.45, 2.75) is 6.92 Å². The average Bonchev–Trinajstić information content (AvgIpc) is 2.94. The number of ether oxygens (including phenoxy) is 3. The molecule has 0 saturated carbocycles. The number of rotatable bonds is 8. The Morgan fingerprint density at radius 1 is 0.946 bits per heavy atom. The largest absolute Gasteiger partial charge is 0.493 e. The average molecular weight is 501 g/mol. The van der Waals surface area contributed by atoms with Gasteiger partial charge in [-0.15, -0.1) is 0 Å². The Balaban J connectivity index is 1.75. The van der Waals surface area contributed by atoms with Crippen LogP contribution in [0.2, 0.25) is 0 Å². The highest BCUT2D eigenvalue weighted by molar-refractivity contribution is 6.08. The Hall–Kier alpha value is -4.99. The lowest BCUT2D eigenvalue weighted by molar-refractivity contribution is -0.384. The first-order valence-corrected chi connectivity index (χ1v) is 11.2. The second-order valence-electron chi connectivity index (χ2n) is 7.93. The van der Waals surface area contributed by atoms with Crippen molar-refractivity contribution >= 4 is 28.2 Å². The number of fused-ring (bicyclic) bond motifs is 1. The molecule has 37 heavy (non-hydrogen) atoms. The maximum Gasteiger partial charge on any atom is 0.272 e. The molecular weight excluding hydrogens is 476 g/mol. The first kappa shape index (κ1) is 25.1. The number of nitro benzene ring substituents is 1. The Morgan fingerprint density at radius 2 is 1.65 bits per heavy atom. The Morgan fingerprint density at radius 3 is 2.30 bits per heavy atom. The van der Waals surface area contributed by atoms with E-state index in [1.807, 2.05) is 18.2 Å². The number of carbonyl (C=O) groups excluding carboxylic acids is 1. The molecule has 4 rings (SSSR count). The number of hydrogen-bond donors (Lipinski definition) is 1. The molecule has 3 aromatic carbocycles. The molecule has 0 unspecified atom stereocenters. The van der Waals surface area contributed by atoms with Crippen LogP contribution in [0.4, 0.5) is 5.69 Å². The number of amides is 1. The van der Waals surface area contributed by atoms with Gasteiger partial charge in [0.15, 0.2) is 11.5 Å². The third-order valence-corrected chi connectivity index (χ3v) is 5.72. The SMILES string of the molecule is COc1cc(-c2cc(C(=O)NN=C(C)c3cccc([N+](=O)[O-])c3)c3ccccc3n2)cc(OC)c1OC. The molecule has 10 heteroatoms. The zero-order chi connectivity index (χ0) is 26.5. The Kier molecular flexibility index (Phi) is 7.28. The molecule has 1 heterocycles. The van der Waals surface area contributed by atoms with E-state index >= 15 is 0 Å². The molecule has 1 aromatic heterocycles. The van der Waals surface area contributed by atoms with Gasteiger partial charge >= 0.3 is 0 Å². The molecule has 0 saturated heterocycles. The van der Waals surface area contributed by atoms with Crippen LogP contribution in [0.5, 0.6) is 17.2 Å². The predicted octanol–water partition coefficient (Wildman–Crippen LogP) is 4.99. The highest BCUT2D eigenvalue weighted by Gasteiger charge is 2.18. The molecule has 188 valence electrons. The van der Waals surface area contributed by atoms with E-state index in [0.29, 0.717) is 56.2 Å². The first-order chi connectivity index (χ1) is 17.9. The summed E-state index contributed by atoms with van der Waals surface area (Å²) in [4.78, 5) is 28.6. The summed E-state index contributed by atoms with van der Waals surface area (Å²) in [6, 6.07) is 18.5. The van der Waals surface area contributed by atoms with Gasteiger partial charge in [-0.25, -0.2) is 10.4 Å². The Labute approximate surface area is 212 Å². The quantitative estimate of drug-likeness (QED) is 0.205. The molecule has 4 aromatic rings. The van der Waals surface area contributed by atoms with Crippen LogP contribution in [0.3, 0.4) is 0 Å². The van der Waals surface area contributed by atoms with Crippen LogP contribution in [-0.2, 0) is 0 Å². The summed E-state index contributed by atoms with van der Waals surface area (Å²) >= 11 is 0. The van der Waals surface area contributed by atoms with Crippen LogP contribution >= 0.6 is 0 Å². The van der Waals surface area contributed by atoms with Gasteiger partial charge in [-0.05, 0) is 31.2 Å². The van der Waals surface area contributed by atoms with Crippen molar-refractivity contribution in [3.63, 3.8) is 0 Å². The molecule has 1 amide bonds. The van der Waals surface area contributed by atoms with Gasteiger partial charge in [0, 0.05) is 28.6 Å². The molecule has 0 fully saturated rings. The summed E-state index contributed by atoms with van der Waals surface area (Å²) in [6.07, 6.45) is 0. The summed E-state index contributed by atoms with van der Waals surface area (Å²) in [7, 11) is 4.57. The first-order valence-electron chi connectivity index (χ1n) is 11.2. The van der Waals surface area contributed by atoms with Crippen molar-refractivity contribution in [3.8, 4) is 28.5 Å². The number of aromatic nitrogens is 1. The number of nitrogens with one attached hydrogen (secondary N) is 1. The minimum absolute atomic E-state index is 0.0616. The molecule has 0 spiro atoms. The number of benzene rings is 3. The van der Waals surface area contributed by atoms with Crippen molar-refractivity contribution < 1.29 is 23.9 Å². The topological polar surface area (TPSA) is 125 Å². The lowest BCUT2D eigenvalue weighted by Crippen LogP contribution is -2.20. The van der Waals surface area contributed by atoms with Crippen molar-refractivity contribution in [2.24, 2.45) is 5.10 Å². The van der Waals surface area contributed by atoms with Gasteiger partial charge in [0.05, 0.1) is 48.7 Å². The fraction of sp³-hybridized carbons (Fsp3) is 0.148. The number of carbonyl (C=O) groups is 1. The number of methoxy groups -OCH3 is 3. The van der Waals surface area contributed by atoms with Gasteiger partial charge in [-0.1, -0.05) is 30.3 Å². The van der Waals surface area contributed by atoms with E-state index < -0.39 is 10.8 Å². The number of nitrogens with zero attached hydrogens (tertiary/aromatic N) is 3. The van der Waals surface area contributed by atoms with Crippen molar-refractivity contribution in [3.05, 3.63) is 88.0 Å². The van der Waals surface area contributed by atoms with Gasteiger partial charge in [0.25, 0.3) is 11.6 Å². The van der Waals surface area contributed by atoms with Gasteiger partial charge in [0.1, 0.15) is 0 Å². The molecular formula is C27H24N4O6.